The summed E-state index contributed by atoms with van der Waals surface area (Å²) in [6.07, 6.45) is 10.7. The number of amides is 1. The first kappa shape index (κ1) is 14.9. The van der Waals surface area contributed by atoms with Gasteiger partial charge in [0, 0.05) is 18.6 Å². The van der Waals surface area contributed by atoms with E-state index in [0.717, 1.165) is 25.7 Å². The number of carbonyl (C=O) groups excluding carboxylic acids is 1. The largest absolute Gasteiger partial charge is 0.341 e. The molecule has 0 aliphatic heterocycles. The number of carbonyl (C=O) groups is 1. The molecule has 3 aromatic rings. The predicted octanol–water partition coefficient (Wildman–Crippen LogP) is 3.32. The Morgan fingerprint density at radius 1 is 1.08 bits per heavy atom. The highest BCUT2D eigenvalue weighted by Gasteiger charge is 2.35. The standard InChI is InChI=1S/C19H20N4O/c24-17(16-14-23-13-7-12-20-18(23)21-16)22-19(10-5-2-6-11-19)15-8-3-1-4-9-15/h1,3-4,7-9,12-14H,2,5-6,10-11H2,(H,22,24). The molecule has 0 atom stereocenters. The summed E-state index contributed by atoms with van der Waals surface area (Å²) in [5.41, 5.74) is 1.30. The van der Waals surface area contributed by atoms with Gasteiger partial charge in [0.2, 0.25) is 5.78 Å². The maximum Gasteiger partial charge on any atom is 0.272 e. The number of fused-ring (bicyclic) bond motifs is 1. The van der Waals surface area contributed by atoms with Crippen LogP contribution in [0.15, 0.2) is 55.0 Å². The molecule has 2 aromatic heterocycles. The zero-order valence-corrected chi connectivity index (χ0v) is 13.5. The molecule has 2 heterocycles. The highest BCUT2D eigenvalue weighted by molar-refractivity contribution is 5.93. The van der Waals surface area contributed by atoms with Gasteiger partial charge in [-0.3, -0.25) is 9.20 Å². The van der Waals surface area contributed by atoms with E-state index in [4.69, 9.17) is 0 Å². The van der Waals surface area contributed by atoms with Gasteiger partial charge in [-0.15, -0.1) is 0 Å². The molecule has 5 nitrogen and oxygen atoms in total. The maximum absolute atomic E-state index is 12.8. The fourth-order valence-electron chi connectivity index (χ4n) is 3.62. The quantitative estimate of drug-likeness (QED) is 0.805. The lowest BCUT2D eigenvalue weighted by Crippen LogP contribution is -2.47. The molecule has 0 unspecified atom stereocenters. The van der Waals surface area contributed by atoms with Crippen LogP contribution < -0.4 is 5.32 Å². The summed E-state index contributed by atoms with van der Waals surface area (Å²) in [6.45, 7) is 0. The van der Waals surface area contributed by atoms with Crippen LogP contribution in [0.25, 0.3) is 5.78 Å². The molecule has 0 saturated heterocycles. The minimum absolute atomic E-state index is 0.133. The van der Waals surface area contributed by atoms with Crippen molar-refractivity contribution < 1.29 is 4.79 Å². The van der Waals surface area contributed by atoms with Crippen molar-refractivity contribution in [1.29, 1.82) is 0 Å². The number of imidazole rings is 1. The van der Waals surface area contributed by atoms with E-state index in [1.165, 1.54) is 12.0 Å². The average Bonchev–Trinajstić information content (AvgIpc) is 3.08. The van der Waals surface area contributed by atoms with E-state index in [-0.39, 0.29) is 11.4 Å². The normalized spacial score (nSPS) is 16.8. The van der Waals surface area contributed by atoms with Crippen LogP contribution in [0.2, 0.25) is 0 Å². The van der Waals surface area contributed by atoms with Crippen molar-refractivity contribution in [3.8, 4) is 0 Å². The van der Waals surface area contributed by atoms with Crippen LogP contribution in [0.5, 0.6) is 0 Å². The number of aromatic nitrogens is 3. The van der Waals surface area contributed by atoms with Crippen LogP contribution in [0.4, 0.5) is 0 Å². The summed E-state index contributed by atoms with van der Waals surface area (Å²) in [4.78, 5) is 21.4. The predicted molar refractivity (Wildman–Crippen MR) is 91.7 cm³/mol. The van der Waals surface area contributed by atoms with Gasteiger partial charge in [0.15, 0.2) is 0 Å². The lowest BCUT2D eigenvalue weighted by atomic mass is 9.76. The fourth-order valence-corrected chi connectivity index (χ4v) is 3.62. The van der Waals surface area contributed by atoms with Gasteiger partial charge in [-0.25, -0.2) is 9.97 Å². The molecule has 1 amide bonds. The summed E-state index contributed by atoms with van der Waals surface area (Å²) >= 11 is 0. The number of hydrogen-bond donors (Lipinski definition) is 1. The Balaban J connectivity index is 1.66. The van der Waals surface area contributed by atoms with Gasteiger partial charge in [0.05, 0.1) is 5.54 Å². The summed E-state index contributed by atoms with van der Waals surface area (Å²) in [5.74, 6) is 0.409. The zero-order chi connectivity index (χ0) is 16.4. The topological polar surface area (TPSA) is 59.3 Å². The number of benzene rings is 1. The van der Waals surface area contributed by atoms with Crippen molar-refractivity contribution in [1.82, 2.24) is 19.7 Å². The molecule has 122 valence electrons. The van der Waals surface area contributed by atoms with Crippen molar-refractivity contribution >= 4 is 11.7 Å². The van der Waals surface area contributed by atoms with E-state index in [1.807, 2.05) is 30.5 Å². The van der Waals surface area contributed by atoms with Gasteiger partial charge >= 0.3 is 0 Å². The van der Waals surface area contributed by atoms with Gasteiger partial charge in [0.1, 0.15) is 5.69 Å². The smallest absolute Gasteiger partial charge is 0.272 e. The van der Waals surface area contributed by atoms with Crippen LogP contribution in [0.3, 0.4) is 0 Å². The number of hydrogen-bond acceptors (Lipinski definition) is 3. The molecule has 0 radical (unpaired) electrons. The average molecular weight is 320 g/mol. The lowest BCUT2D eigenvalue weighted by Gasteiger charge is -2.38. The molecule has 1 aliphatic rings. The molecule has 0 spiro atoms. The maximum atomic E-state index is 12.8. The van der Waals surface area contributed by atoms with Crippen molar-refractivity contribution in [3.63, 3.8) is 0 Å². The molecule has 5 heteroatoms. The Morgan fingerprint density at radius 3 is 2.62 bits per heavy atom. The molecule has 24 heavy (non-hydrogen) atoms. The number of nitrogens with zero attached hydrogens (tertiary/aromatic N) is 3. The first-order chi connectivity index (χ1) is 11.8. The van der Waals surface area contributed by atoms with E-state index in [9.17, 15) is 4.79 Å². The molecule has 4 rings (SSSR count). The molecular weight excluding hydrogens is 300 g/mol. The van der Waals surface area contributed by atoms with Gasteiger partial charge in [-0.2, -0.15) is 0 Å². The third-order valence-electron chi connectivity index (χ3n) is 4.85. The molecule has 1 saturated carbocycles. The number of nitrogens with one attached hydrogen (secondary N) is 1. The molecule has 0 bridgehead atoms. The van der Waals surface area contributed by atoms with E-state index in [1.54, 1.807) is 16.8 Å². The highest BCUT2D eigenvalue weighted by atomic mass is 16.2. The van der Waals surface area contributed by atoms with E-state index in [0.29, 0.717) is 11.5 Å². The molecule has 1 N–H and O–H groups in total. The second-order valence-corrected chi connectivity index (χ2v) is 6.42. The second-order valence-electron chi connectivity index (χ2n) is 6.42. The fraction of sp³-hybridized carbons (Fsp3) is 0.316. The lowest BCUT2D eigenvalue weighted by molar-refractivity contribution is 0.0861. The van der Waals surface area contributed by atoms with Crippen molar-refractivity contribution in [2.24, 2.45) is 0 Å². The second kappa shape index (κ2) is 6.07. The monoisotopic (exact) mass is 320 g/mol. The first-order valence-electron chi connectivity index (χ1n) is 8.45. The van der Waals surface area contributed by atoms with Crippen LogP contribution in [0, 0.1) is 0 Å². The first-order valence-corrected chi connectivity index (χ1v) is 8.45. The van der Waals surface area contributed by atoms with Gasteiger partial charge in [-0.1, -0.05) is 49.6 Å². The molecule has 1 fully saturated rings. The summed E-state index contributed by atoms with van der Waals surface area (Å²) in [5, 5.41) is 3.28. The van der Waals surface area contributed by atoms with Crippen LogP contribution in [0.1, 0.15) is 48.2 Å². The van der Waals surface area contributed by atoms with Crippen LogP contribution >= 0.6 is 0 Å². The van der Waals surface area contributed by atoms with Crippen molar-refractivity contribution in [3.05, 3.63) is 66.2 Å². The Labute approximate surface area is 140 Å². The Morgan fingerprint density at radius 2 is 1.88 bits per heavy atom. The van der Waals surface area contributed by atoms with E-state index < -0.39 is 0 Å². The van der Waals surface area contributed by atoms with E-state index in [2.05, 4.69) is 27.4 Å². The summed E-state index contributed by atoms with van der Waals surface area (Å²) in [6, 6.07) is 12.1. The molecule has 1 aromatic carbocycles. The highest BCUT2D eigenvalue weighted by Crippen LogP contribution is 2.37. The van der Waals surface area contributed by atoms with Gasteiger partial charge in [-0.05, 0) is 24.5 Å². The van der Waals surface area contributed by atoms with Crippen LogP contribution in [-0.4, -0.2) is 20.3 Å². The van der Waals surface area contributed by atoms with Crippen LogP contribution in [-0.2, 0) is 5.54 Å². The molecular formula is C19H20N4O. The minimum atomic E-state index is -0.292. The summed E-state index contributed by atoms with van der Waals surface area (Å²) < 4.78 is 1.77. The SMILES string of the molecule is O=C(NC1(c2ccccc2)CCCCC1)c1cn2cccnc2n1. The zero-order valence-electron chi connectivity index (χ0n) is 13.5. The van der Waals surface area contributed by atoms with Gasteiger partial charge < -0.3 is 5.32 Å². The van der Waals surface area contributed by atoms with Gasteiger partial charge in [0.25, 0.3) is 5.91 Å². The molecule has 1 aliphatic carbocycles. The summed E-state index contributed by atoms with van der Waals surface area (Å²) in [7, 11) is 0. The Bertz CT molecular complexity index is 817. The number of rotatable bonds is 3. The minimum Gasteiger partial charge on any atom is -0.341 e. The van der Waals surface area contributed by atoms with E-state index >= 15 is 0 Å². The Kier molecular flexibility index (Phi) is 3.76. The Hall–Kier alpha value is -2.69. The third kappa shape index (κ3) is 2.66. The van der Waals surface area contributed by atoms with Crippen molar-refractivity contribution in [2.75, 3.05) is 0 Å². The van der Waals surface area contributed by atoms with Crippen molar-refractivity contribution in [2.45, 2.75) is 37.6 Å². The third-order valence-corrected chi connectivity index (χ3v) is 4.85.